The van der Waals surface area contributed by atoms with E-state index in [-0.39, 0.29) is 22.0 Å². The molecular weight excluding hydrogens is 276 g/mol. The number of halogens is 1. The van der Waals surface area contributed by atoms with E-state index in [1.165, 1.54) is 18.5 Å². The molecule has 0 aliphatic heterocycles. The SMILES string of the molecule is COCC(Br)CNC(=O)c1ccncc1O. The van der Waals surface area contributed by atoms with Gasteiger partial charge >= 0.3 is 0 Å². The van der Waals surface area contributed by atoms with E-state index in [1.54, 1.807) is 7.11 Å². The molecule has 0 bridgehead atoms. The van der Waals surface area contributed by atoms with E-state index in [4.69, 9.17) is 4.74 Å². The first-order valence-electron chi connectivity index (χ1n) is 4.69. The summed E-state index contributed by atoms with van der Waals surface area (Å²) in [7, 11) is 1.59. The van der Waals surface area contributed by atoms with Crippen LogP contribution in [-0.2, 0) is 4.74 Å². The van der Waals surface area contributed by atoms with Crippen molar-refractivity contribution in [3.8, 4) is 5.75 Å². The number of hydrogen-bond donors (Lipinski definition) is 2. The van der Waals surface area contributed by atoms with Crippen molar-refractivity contribution in [2.45, 2.75) is 4.83 Å². The lowest BCUT2D eigenvalue weighted by atomic mass is 10.2. The van der Waals surface area contributed by atoms with Gasteiger partial charge in [0.15, 0.2) is 0 Å². The lowest BCUT2D eigenvalue weighted by Crippen LogP contribution is -2.31. The van der Waals surface area contributed by atoms with Gasteiger partial charge in [0.2, 0.25) is 0 Å². The first kappa shape index (κ1) is 12.9. The molecule has 0 aliphatic carbocycles. The highest BCUT2D eigenvalue weighted by Crippen LogP contribution is 2.13. The molecule has 88 valence electrons. The molecule has 0 fully saturated rings. The van der Waals surface area contributed by atoms with E-state index < -0.39 is 0 Å². The highest BCUT2D eigenvalue weighted by atomic mass is 79.9. The molecule has 1 amide bonds. The summed E-state index contributed by atoms with van der Waals surface area (Å²) < 4.78 is 4.91. The van der Waals surface area contributed by atoms with Crippen molar-refractivity contribution >= 4 is 21.8 Å². The largest absolute Gasteiger partial charge is 0.505 e. The van der Waals surface area contributed by atoms with Crippen molar-refractivity contribution in [2.75, 3.05) is 20.3 Å². The molecule has 1 rings (SSSR count). The number of rotatable bonds is 5. The number of aromatic hydroxyl groups is 1. The summed E-state index contributed by atoms with van der Waals surface area (Å²) >= 11 is 3.34. The quantitative estimate of drug-likeness (QED) is 0.791. The van der Waals surface area contributed by atoms with Crippen LogP contribution in [0.5, 0.6) is 5.75 Å². The van der Waals surface area contributed by atoms with Crippen LogP contribution < -0.4 is 5.32 Å². The monoisotopic (exact) mass is 288 g/mol. The summed E-state index contributed by atoms with van der Waals surface area (Å²) in [5, 5.41) is 12.1. The van der Waals surface area contributed by atoms with Gasteiger partial charge in [-0.05, 0) is 6.07 Å². The molecule has 1 atom stereocenters. The minimum atomic E-state index is -0.333. The van der Waals surface area contributed by atoms with Crippen molar-refractivity contribution in [2.24, 2.45) is 0 Å². The number of amides is 1. The molecule has 0 radical (unpaired) electrons. The molecule has 0 spiro atoms. The van der Waals surface area contributed by atoms with Gasteiger partial charge in [-0.25, -0.2) is 0 Å². The van der Waals surface area contributed by atoms with Crippen molar-refractivity contribution < 1.29 is 14.6 Å². The van der Waals surface area contributed by atoms with Crippen LogP contribution >= 0.6 is 15.9 Å². The molecule has 0 aromatic carbocycles. The third-order valence-corrected chi connectivity index (χ3v) is 2.46. The second-order valence-corrected chi connectivity index (χ2v) is 4.45. The molecule has 1 unspecified atom stereocenters. The molecule has 1 aromatic heterocycles. The zero-order valence-electron chi connectivity index (χ0n) is 8.81. The van der Waals surface area contributed by atoms with Crippen LogP contribution in [0.1, 0.15) is 10.4 Å². The Kier molecular flexibility index (Phi) is 5.21. The molecule has 6 heteroatoms. The van der Waals surface area contributed by atoms with Crippen molar-refractivity contribution in [3.05, 3.63) is 24.0 Å². The Morgan fingerprint density at radius 3 is 3.12 bits per heavy atom. The molecular formula is C10H13BrN2O3. The fourth-order valence-corrected chi connectivity index (χ4v) is 1.54. The van der Waals surface area contributed by atoms with E-state index in [2.05, 4.69) is 26.2 Å². The van der Waals surface area contributed by atoms with E-state index >= 15 is 0 Å². The first-order valence-corrected chi connectivity index (χ1v) is 5.61. The van der Waals surface area contributed by atoms with Crippen LogP contribution in [0.15, 0.2) is 18.5 Å². The fourth-order valence-electron chi connectivity index (χ4n) is 1.12. The second-order valence-electron chi connectivity index (χ2n) is 3.16. The normalized spacial score (nSPS) is 12.1. The molecule has 0 saturated carbocycles. The van der Waals surface area contributed by atoms with E-state index in [9.17, 15) is 9.90 Å². The zero-order chi connectivity index (χ0) is 12.0. The van der Waals surface area contributed by atoms with Crippen LogP contribution in [0.3, 0.4) is 0 Å². The van der Waals surface area contributed by atoms with Gasteiger partial charge in [-0.15, -0.1) is 0 Å². The Morgan fingerprint density at radius 2 is 2.50 bits per heavy atom. The standard InChI is InChI=1S/C10H13BrN2O3/c1-16-6-7(11)4-13-10(15)8-2-3-12-5-9(8)14/h2-3,5,7,14H,4,6H2,1H3,(H,13,15). The number of aromatic nitrogens is 1. The van der Waals surface area contributed by atoms with Gasteiger partial charge in [0.05, 0.1) is 23.2 Å². The predicted octanol–water partition coefficient (Wildman–Crippen LogP) is 0.927. The first-order chi connectivity index (χ1) is 7.65. The molecule has 0 aliphatic rings. The summed E-state index contributed by atoms with van der Waals surface area (Å²) in [4.78, 5) is 15.4. The molecule has 16 heavy (non-hydrogen) atoms. The minimum Gasteiger partial charge on any atom is -0.505 e. The van der Waals surface area contributed by atoms with Crippen molar-refractivity contribution in [1.29, 1.82) is 0 Å². The zero-order valence-corrected chi connectivity index (χ0v) is 10.4. The number of methoxy groups -OCH3 is 1. The molecule has 0 saturated heterocycles. The van der Waals surface area contributed by atoms with Crippen molar-refractivity contribution in [1.82, 2.24) is 10.3 Å². The van der Waals surface area contributed by atoms with E-state index in [0.29, 0.717) is 13.2 Å². The molecule has 1 aromatic rings. The van der Waals surface area contributed by atoms with Gasteiger partial charge in [0, 0.05) is 19.9 Å². The van der Waals surface area contributed by atoms with Gasteiger partial charge in [-0.2, -0.15) is 0 Å². The lowest BCUT2D eigenvalue weighted by Gasteiger charge is -2.10. The average molecular weight is 289 g/mol. The Hall–Kier alpha value is -1.14. The third-order valence-electron chi connectivity index (χ3n) is 1.88. The topological polar surface area (TPSA) is 71.5 Å². The third kappa shape index (κ3) is 3.79. The predicted molar refractivity (Wildman–Crippen MR) is 62.8 cm³/mol. The smallest absolute Gasteiger partial charge is 0.255 e. The highest BCUT2D eigenvalue weighted by molar-refractivity contribution is 9.09. The van der Waals surface area contributed by atoms with Crippen molar-refractivity contribution in [3.63, 3.8) is 0 Å². The summed E-state index contributed by atoms with van der Waals surface area (Å²) in [6.07, 6.45) is 2.69. The Morgan fingerprint density at radius 1 is 1.75 bits per heavy atom. The Labute approximate surface area is 102 Å². The number of nitrogens with zero attached hydrogens (tertiary/aromatic N) is 1. The van der Waals surface area contributed by atoms with Crippen LogP contribution in [0.25, 0.3) is 0 Å². The second kappa shape index (κ2) is 6.44. The van der Waals surface area contributed by atoms with E-state index in [0.717, 1.165) is 0 Å². The number of nitrogens with one attached hydrogen (secondary N) is 1. The molecule has 1 heterocycles. The van der Waals surface area contributed by atoms with Crippen LogP contribution in [0, 0.1) is 0 Å². The van der Waals surface area contributed by atoms with Gasteiger partial charge < -0.3 is 15.2 Å². The van der Waals surface area contributed by atoms with Crippen LogP contribution in [0.4, 0.5) is 0 Å². The number of carbonyl (C=O) groups excluding carboxylic acids is 1. The minimum absolute atomic E-state index is 0.0467. The lowest BCUT2D eigenvalue weighted by molar-refractivity contribution is 0.0947. The van der Waals surface area contributed by atoms with Gasteiger partial charge in [-0.1, -0.05) is 15.9 Å². The fraction of sp³-hybridized carbons (Fsp3) is 0.400. The van der Waals surface area contributed by atoms with Crippen LogP contribution in [0.2, 0.25) is 0 Å². The van der Waals surface area contributed by atoms with Gasteiger partial charge in [0.25, 0.3) is 5.91 Å². The summed E-state index contributed by atoms with van der Waals surface area (Å²) in [6, 6.07) is 1.46. The maximum Gasteiger partial charge on any atom is 0.255 e. The number of hydrogen-bond acceptors (Lipinski definition) is 4. The maximum absolute atomic E-state index is 11.6. The number of alkyl halides is 1. The Bertz CT molecular complexity index is 360. The summed E-state index contributed by atoms with van der Waals surface area (Å²) in [5.74, 6) is -0.460. The summed E-state index contributed by atoms with van der Waals surface area (Å²) in [6.45, 7) is 0.928. The average Bonchev–Trinajstić information content (AvgIpc) is 2.27. The molecule has 2 N–H and O–H groups in total. The Balaban J connectivity index is 2.50. The maximum atomic E-state index is 11.6. The van der Waals surface area contributed by atoms with Crippen LogP contribution in [-0.4, -0.2) is 41.1 Å². The number of carbonyl (C=O) groups is 1. The van der Waals surface area contributed by atoms with Gasteiger partial charge in [-0.3, -0.25) is 9.78 Å². The van der Waals surface area contributed by atoms with E-state index in [1.807, 2.05) is 0 Å². The highest BCUT2D eigenvalue weighted by Gasteiger charge is 2.12. The number of pyridine rings is 1. The van der Waals surface area contributed by atoms with Gasteiger partial charge in [0.1, 0.15) is 5.75 Å². The summed E-state index contributed by atoms with van der Waals surface area (Å²) in [5.41, 5.74) is 0.215. The molecule has 5 nitrogen and oxygen atoms in total. The number of ether oxygens (including phenoxy) is 1.